The second kappa shape index (κ2) is 6.25. The molecular formula is C11H14F2N2O3. The number of ether oxygens (including phenoxy) is 2. The molecule has 0 atom stereocenters. The summed E-state index contributed by atoms with van der Waals surface area (Å²) in [5.74, 6) is -0.535. The molecule has 0 radical (unpaired) electrons. The van der Waals surface area contributed by atoms with E-state index < -0.39 is 18.1 Å². The number of aromatic nitrogens is 1. The smallest absolute Gasteiger partial charge is 0.309 e. The minimum Gasteiger partial charge on any atom is -0.481 e. The molecule has 0 saturated carbocycles. The highest BCUT2D eigenvalue weighted by Crippen LogP contribution is 2.26. The fraction of sp³-hybridized carbons (Fsp3) is 0.455. The van der Waals surface area contributed by atoms with Crippen molar-refractivity contribution in [3.63, 3.8) is 0 Å². The zero-order valence-electron chi connectivity index (χ0n) is 10.1. The Balaban J connectivity index is 3.26. The Bertz CT molecular complexity index is 439. The summed E-state index contributed by atoms with van der Waals surface area (Å²) >= 11 is 0. The molecule has 0 aliphatic carbocycles. The van der Waals surface area contributed by atoms with Gasteiger partial charge in [0.15, 0.2) is 0 Å². The SMILES string of the molecule is COC(=O)Cc1cc(C(F)F)nc(OC)c1CN. The standard InChI is InChI=1S/C11H14F2N2O3/c1-17-9(16)4-6-3-8(10(12)13)15-11(18-2)7(6)5-14/h3,10H,4-5,14H2,1-2H3. The maximum Gasteiger partial charge on any atom is 0.309 e. The Morgan fingerprint density at radius 1 is 1.50 bits per heavy atom. The second-order valence-corrected chi connectivity index (χ2v) is 3.45. The summed E-state index contributed by atoms with van der Waals surface area (Å²) < 4.78 is 34.7. The summed E-state index contributed by atoms with van der Waals surface area (Å²) in [6, 6.07) is 1.15. The molecule has 1 aromatic rings. The van der Waals surface area contributed by atoms with E-state index in [0.29, 0.717) is 11.1 Å². The second-order valence-electron chi connectivity index (χ2n) is 3.45. The van der Waals surface area contributed by atoms with Crippen LogP contribution in [-0.2, 0) is 22.5 Å². The highest BCUT2D eigenvalue weighted by molar-refractivity contribution is 5.73. The maximum atomic E-state index is 12.7. The molecule has 5 nitrogen and oxygen atoms in total. The van der Waals surface area contributed by atoms with E-state index in [2.05, 4.69) is 9.72 Å². The average molecular weight is 260 g/mol. The number of halogens is 2. The number of esters is 1. The van der Waals surface area contributed by atoms with Crippen molar-refractivity contribution >= 4 is 5.97 Å². The summed E-state index contributed by atoms with van der Waals surface area (Å²) in [6.07, 6.45) is -2.90. The Hall–Kier alpha value is -1.76. The van der Waals surface area contributed by atoms with Crippen LogP contribution in [0.1, 0.15) is 23.2 Å². The largest absolute Gasteiger partial charge is 0.481 e. The summed E-state index contributed by atoms with van der Waals surface area (Å²) in [6.45, 7) is 0.0337. The number of pyridine rings is 1. The first-order valence-corrected chi connectivity index (χ1v) is 5.15. The molecule has 0 saturated heterocycles. The van der Waals surface area contributed by atoms with E-state index in [1.807, 2.05) is 0 Å². The van der Waals surface area contributed by atoms with Gasteiger partial charge >= 0.3 is 5.97 Å². The molecule has 0 spiro atoms. The van der Waals surface area contributed by atoms with Crippen molar-refractivity contribution in [2.45, 2.75) is 19.4 Å². The first kappa shape index (κ1) is 14.3. The van der Waals surface area contributed by atoms with Crippen LogP contribution in [0.4, 0.5) is 8.78 Å². The van der Waals surface area contributed by atoms with E-state index in [9.17, 15) is 13.6 Å². The van der Waals surface area contributed by atoms with Crippen molar-refractivity contribution in [2.24, 2.45) is 5.73 Å². The fourth-order valence-electron chi connectivity index (χ4n) is 1.50. The van der Waals surface area contributed by atoms with Crippen LogP contribution in [0, 0.1) is 0 Å². The topological polar surface area (TPSA) is 74.4 Å². The van der Waals surface area contributed by atoms with Gasteiger partial charge in [0.25, 0.3) is 6.43 Å². The van der Waals surface area contributed by atoms with Gasteiger partial charge in [0, 0.05) is 12.1 Å². The van der Waals surface area contributed by atoms with Gasteiger partial charge in [-0.25, -0.2) is 13.8 Å². The number of nitrogens with zero attached hydrogens (tertiary/aromatic N) is 1. The molecule has 0 bridgehead atoms. The van der Waals surface area contributed by atoms with Crippen LogP contribution < -0.4 is 10.5 Å². The molecule has 2 N–H and O–H groups in total. The number of hydrogen-bond acceptors (Lipinski definition) is 5. The zero-order valence-corrected chi connectivity index (χ0v) is 10.1. The van der Waals surface area contributed by atoms with Crippen molar-refractivity contribution in [2.75, 3.05) is 14.2 Å². The normalized spacial score (nSPS) is 10.6. The number of methoxy groups -OCH3 is 2. The van der Waals surface area contributed by atoms with E-state index >= 15 is 0 Å². The van der Waals surface area contributed by atoms with E-state index in [0.717, 1.165) is 6.07 Å². The van der Waals surface area contributed by atoms with E-state index in [4.69, 9.17) is 10.5 Å². The molecule has 0 fully saturated rings. The highest BCUT2D eigenvalue weighted by Gasteiger charge is 2.19. The lowest BCUT2D eigenvalue weighted by Crippen LogP contribution is -2.12. The van der Waals surface area contributed by atoms with Gasteiger partial charge in [-0.3, -0.25) is 4.79 Å². The van der Waals surface area contributed by atoms with Gasteiger partial charge in [-0.1, -0.05) is 0 Å². The number of carbonyl (C=O) groups is 1. The molecular weight excluding hydrogens is 246 g/mol. The summed E-state index contributed by atoms with van der Waals surface area (Å²) in [4.78, 5) is 14.9. The number of carbonyl (C=O) groups excluding carboxylic acids is 1. The summed E-state index contributed by atoms with van der Waals surface area (Å²) in [7, 11) is 2.52. The molecule has 1 heterocycles. The third-order valence-corrected chi connectivity index (χ3v) is 2.38. The van der Waals surface area contributed by atoms with Gasteiger partial charge in [0.05, 0.1) is 20.6 Å². The quantitative estimate of drug-likeness (QED) is 0.805. The van der Waals surface area contributed by atoms with Gasteiger partial charge in [0.1, 0.15) is 5.69 Å². The number of hydrogen-bond donors (Lipinski definition) is 1. The molecule has 0 amide bonds. The van der Waals surface area contributed by atoms with Crippen LogP contribution in [0.2, 0.25) is 0 Å². The van der Waals surface area contributed by atoms with Crippen molar-refractivity contribution in [1.82, 2.24) is 4.98 Å². The number of nitrogens with two attached hydrogens (primary N) is 1. The molecule has 100 valence electrons. The molecule has 0 aliphatic heterocycles. The van der Waals surface area contributed by atoms with Crippen LogP contribution in [0.15, 0.2) is 6.07 Å². The Morgan fingerprint density at radius 2 is 2.17 bits per heavy atom. The van der Waals surface area contributed by atoms with Gasteiger partial charge in [-0.2, -0.15) is 0 Å². The average Bonchev–Trinajstić information content (AvgIpc) is 2.37. The van der Waals surface area contributed by atoms with E-state index in [1.165, 1.54) is 14.2 Å². The first-order chi connectivity index (χ1) is 8.53. The van der Waals surface area contributed by atoms with Gasteiger partial charge < -0.3 is 15.2 Å². The van der Waals surface area contributed by atoms with Crippen LogP contribution in [0.5, 0.6) is 5.88 Å². The highest BCUT2D eigenvalue weighted by atomic mass is 19.3. The molecule has 1 aromatic heterocycles. The lowest BCUT2D eigenvalue weighted by molar-refractivity contribution is -0.139. The summed E-state index contributed by atoms with van der Waals surface area (Å²) in [5.41, 5.74) is 5.82. The lowest BCUT2D eigenvalue weighted by Gasteiger charge is -2.13. The van der Waals surface area contributed by atoms with E-state index in [-0.39, 0.29) is 18.8 Å². The predicted molar refractivity (Wildman–Crippen MR) is 59.4 cm³/mol. The Kier molecular flexibility index (Phi) is 4.96. The third kappa shape index (κ3) is 3.13. The molecule has 0 aliphatic rings. The molecule has 1 rings (SSSR count). The maximum absolute atomic E-state index is 12.7. The minimum atomic E-state index is -2.75. The lowest BCUT2D eigenvalue weighted by atomic mass is 10.1. The van der Waals surface area contributed by atoms with Crippen molar-refractivity contribution < 1.29 is 23.0 Å². The number of rotatable bonds is 5. The first-order valence-electron chi connectivity index (χ1n) is 5.15. The van der Waals surface area contributed by atoms with Crippen molar-refractivity contribution in [3.8, 4) is 5.88 Å². The van der Waals surface area contributed by atoms with Crippen LogP contribution in [0.25, 0.3) is 0 Å². The molecule has 7 heteroatoms. The Morgan fingerprint density at radius 3 is 2.61 bits per heavy atom. The summed E-state index contributed by atoms with van der Waals surface area (Å²) in [5, 5.41) is 0. The zero-order chi connectivity index (χ0) is 13.7. The van der Waals surface area contributed by atoms with Crippen LogP contribution >= 0.6 is 0 Å². The monoisotopic (exact) mass is 260 g/mol. The van der Waals surface area contributed by atoms with Crippen molar-refractivity contribution in [1.29, 1.82) is 0 Å². The number of alkyl halides is 2. The van der Waals surface area contributed by atoms with Gasteiger partial charge in [0.2, 0.25) is 5.88 Å². The predicted octanol–water partition coefficient (Wildman–Crippen LogP) is 1.20. The van der Waals surface area contributed by atoms with Crippen LogP contribution in [0.3, 0.4) is 0 Å². The Labute approximate surface area is 103 Å². The van der Waals surface area contributed by atoms with Gasteiger partial charge in [-0.05, 0) is 11.6 Å². The minimum absolute atomic E-state index is 0.00852. The van der Waals surface area contributed by atoms with Gasteiger partial charge in [-0.15, -0.1) is 0 Å². The third-order valence-electron chi connectivity index (χ3n) is 2.38. The fourth-order valence-corrected chi connectivity index (χ4v) is 1.50. The van der Waals surface area contributed by atoms with Crippen molar-refractivity contribution in [3.05, 3.63) is 22.9 Å². The molecule has 0 aromatic carbocycles. The molecule has 0 unspecified atom stereocenters. The van der Waals surface area contributed by atoms with Crippen LogP contribution in [-0.4, -0.2) is 25.2 Å². The molecule has 18 heavy (non-hydrogen) atoms. The van der Waals surface area contributed by atoms with E-state index in [1.54, 1.807) is 0 Å².